The van der Waals surface area contributed by atoms with Crippen LogP contribution in [0.5, 0.6) is 0 Å². The third kappa shape index (κ3) is 11.8. The van der Waals surface area contributed by atoms with Crippen molar-refractivity contribution in [3.63, 3.8) is 0 Å². The molecule has 474 valence electrons. The maximum atomic E-state index is 4.85. The number of hydrogen-bond acceptors (Lipinski definition) is 8. The van der Waals surface area contributed by atoms with Crippen molar-refractivity contribution >= 4 is 0 Å². The second kappa shape index (κ2) is 28.7. The SMILES string of the molecule is CC[C@@H]1C[C@H]2N[C@@H]1C[C@@H]1N[C@H]([C@@H](CCC3[C@H]4N[C@@H](C[C@H]5N[C@@H](C[C@H]6N[C@@H](C[C@H]7N[C@@H]3[C@@H](CC)[C@H]7CC)[C@@H](CC)[C@H]6CC)[C@@H](CC)[C@H]5CC)[C@@H](CC)[C@H]4CC)[C@@H]3N[C@H](C[C@@H]4N[C@@H]([C@H](CC)[C@@H]4CC)[C@H]2CC)[C@H](CC)[C@@H]3CC)[C@H](CC)[C@@H]1CC. The molecule has 8 nitrogen and oxygen atoms in total. The van der Waals surface area contributed by atoms with E-state index in [9.17, 15) is 0 Å². The summed E-state index contributed by atoms with van der Waals surface area (Å²) >= 11 is 0. The molecule has 8 heteroatoms. The van der Waals surface area contributed by atoms with Gasteiger partial charge in [0.15, 0.2) is 0 Å². The highest BCUT2D eigenvalue weighted by Gasteiger charge is 2.58. The third-order valence-electron chi connectivity index (χ3n) is 29.0. The minimum absolute atomic E-state index is 0.559. The van der Waals surface area contributed by atoms with Gasteiger partial charge in [0.25, 0.3) is 0 Å². The Morgan fingerprint density at radius 3 is 0.585 bits per heavy atom. The first kappa shape index (κ1) is 64.7. The van der Waals surface area contributed by atoms with Gasteiger partial charge in [0.05, 0.1) is 0 Å². The first-order valence-corrected chi connectivity index (χ1v) is 38.0. The van der Waals surface area contributed by atoms with E-state index in [1.165, 1.54) is 154 Å². The van der Waals surface area contributed by atoms with Gasteiger partial charge >= 0.3 is 0 Å². The molecule has 8 N–H and O–H groups in total. The van der Waals surface area contributed by atoms with E-state index in [1.54, 1.807) is 0 Å². The highest BCUT2D eigenvalue weighted by Crippen LogP contribution is 2.53. The number of nitrogens with one attached hydrogen (secondary N) is 8. The van der Waals surface area contributed by atoms with Gasteiger partial charge in [-0.1, -0.05) is 214 Å². The summed E-state index contributed by atoms with van der Waals surface area (Å²) in [5, 5.41) is 37.7. The standard InChI is InChI=1S/C74H138N8/c1-17-41-35-60-56(32-16)70-51(27-11)46(22-6)68(78-70)40-69-50(26-10)55(31-15)74(82-69)57(71-52(28-12)47(23-7)65(79-71)36-59(41)75-60)33-34-58-72-53(29-13)48(24-8)66(80-72)38-63-44(20-4)42(18-2)61(76-63)37-62-43(19-3)45(21-5)64(77-62)39-67-49(25-9)54(30-14)73(58)81-67/h41-82H,17-40H2,1-16H3/t41-,42-,43+,44+,45-,46+,47+,48-,49+,50-,51-,52-,53+,54-,55+,56+,57-,58?,59-,60-,61-,62+,63+,64-,65+,66-,67+,68+,69-,70+,71+,72-,73+,74-/m1/s1. The molecule has 34 atom stereocenters. The first-order chi connectivity index (χ1) is 39.9. The van der Waals surface area contributed by atoms with Gasteiger partial charge in [-0.2, -0.15) is 0 Å². The predicted octanol–water partition coefficient (Wildman–Crippen LogP) is 14.5. The fourth-order valence-electron chi connectivity index (χ4n) is 25.7. The van der Waals surface area contributed by atoms with Crippen LogP contribution in [-0.4, -0.2) is 96.7 Å². The van der Waals surface area contributed by atoms with Gasteiger partial charge in [0.2, 0.25) is 0 Å². The minimum Gasteiger partial charge on any atom is -0.311 e. The highest BCUT2D eigenvalue weighted by atomic mass is 15.1. The fraction of sp³-hybridized carbons (Fsp3) is 1.00. The smallest absolute Gasteiger partial charge is 0.0144 e. The lowest BCUT2D eigenvalue weighted by Crippen LogP contribution is -2.53. The van der Waals surface area contributed by atoms with E-state index in [2.05, 4.69) is 132 Å². The normalized spacial score (nSPS) is 52.1. The summed E-state index contributed by atoms with van der Waals surface area (Å²) in [7, 11) is 0. The predicted molar refractivity (Wildman–Crippen MR) is 350 cm³/mol. The lowest BCUT2D eigenvalue weighted by Gasteiger charge is -2.41. The van der Waals surface area contributed by atoms with Crippen LogP contribution in [0.15, 0.2) is 0 Å². The van der Waals surface area contributed by atoms with Crippen molar-refractivity contribution in [2.24, 2.45) is 107 Å². The number of rotatable bonds is 19. The summed E-state index contributed by atoms with van der Waals surface area (Å²) in [6.07, 6.45) is 31.6. The Bertz CT molecular complexity index is 1870. The Labute approximate surface area is 508 Å². The Balaban J connectivity index is 1.06. The van der Waals surface area contributed by atoms with Crippen molar-refractivity contribution in [1.82, 2.24) is 42.5 Å². The topological polar surface area (TPSA) is 96.2 Å². The maximum absolute atomic E-state index is 4.85. The van der Waals surface area contributed by atoms with Crippen LogP contribution in [0.1, 0.15) is 265 Å². The van der Waals surface area contributed by atoms with Crippen LogP contribution in [0.3, 0.4) is 0 Å². The van der Waals surface area contributed by atoms with Crippen LogP contribution in [0, 0.1) is 107 Å². The van der Waals surface area contributed by atoms with Gasteiger partial charge in [-0.15, -0.1) is 0 Å². The van der Waals surface area contributed by atoms with Crippen LogP contribution < -0.4 is 42.5 Å². The molecule has 0 aromatic carbocycles. The van der Waals surface area contributed by atoms with Gasteiger partial charge in [-0.3, -0.25) is 0 Å². The summed E-state index contributed by atoms with van der Waals surface area (Å²) in [6.45, 7) is 41.2. The molecule has 0 saturated carbocycles. The van der Waals surface area contributed by atoms with Crippen LogP contribution in [-0.2, 0) is 0 Å². The van der Waals surface area contributed by atoms with Gasteiger partial charge in [-0.25, -0.2) is 0 Å². The molecule has 0 aromatic heterocycles. The maximum Gasteiger partial charge on any atom is 0.0144 e. The zero-order valence-electron chi connectivity index (χ0n) is 56.6. The van der Waals surface area contributed by atoms with Crippen molar-refractivity contribution in [1.29, 1.82) is 0 Å². The van der Waals surface area contributed by atoms with Crippen molar-refractivity contribution in [2.75, 3.05) is 0 Å². The van der Waals surface area contributed by atoms with E-state index >= 15 is 0 Å². The lowest BCUT2D eigenvalue weighted by molar-refractivity contribution is 0.139. The molecule has 10 aliphatic rings. The molecule has 1 unspecified atom stereocenters. The Kier molecular flexibility index (Phi) is 22.6. The average Bonchev–Trinajstić information content (AvgIpc) is 4.38. The van der Waals surface area contributed by atoms with Gasteiger partial charge < -0.3 is 42.5 Å². The largest absolute Gasteiger partial charge is 0.311 e. The monoisotopic (exact) mass is 1140 g/mol. The molecule has 10 rings (SSSR count). The van der Waals surface area contributed by atoms with E-state index in [0.29, 0.717) is 114 Å². The highest BCUT2D eigenvalue weighted by molar-refractivity contribution is 5.15. The molecule has 0 aliphatic carbocycles. The summed E-state index contributed by atoms with van der Waals surface area (Å²) in [4.78, 5) is 0. The Morgan fingerprint density at radius 1 is 0.171 bits per heavy atom. The molecule has 0 amide bonds. The Hall–Kier alpha value is -0.320. The molecule has 16 bridgehead atoms. The van der Waals surface area contributed by atoms with Gasteiger partial charge in [0, 0.05) is 96.7 Å². The van der Waals surface area contributed by atoms with Crippen molar-refractivity contribution in [2.45, 2.75) is 362 Å². The van der Waals surface area contributed by atoms with Crippen molar-refractivity contribution in [3.05, 3.63) is 0 Å². The van der Waals surface area contributed by atoms with Crippen LogP contribution in [0.2, 0.25) is 0 Å². The second-order valence-corrected chi connectivity index (χ2v) is 31.2. The molecule has 0 radical (unpaired) electrons. The van der Waals surface area contributed by atoms with E-state index in [0.717, 1.165) is 88.8 Å². The quantitative estimate of drug-likeness (QED) is 0.0648. The van der Waals surface area contributed by atoms with E-state index < -0.39 is 0 Å². The molecular weight excluding hydrogens is 1000 g/mol. The van der Waals surface area contributed by atoms with Crippen LogP contribution >= 0.6 is 0 Å². The average molecular weight is 1140 g/mol. The second-order valence-electron chi connectivity index (χ2n) is 31.2. The fourth-order valence-corrected chi connectivity index (χ4v) is 25.7. The van der Waals surface area contributed by atoms with E-state index in [-0.39, 0.29) is 0 Å². The van der Waals surface area contributed by atoms with E-state index in [4.69, 9.17) is 21.3 Å². The molecule has 82 heavy (non-hydrogen) atoms. The molecule has 10 fully saturated rings. The van der Waals surface area contributed by atoms with Crippen molar-refractivity contribution in [3.8, 4) is 0 Å². The molecule has 10 saturated heterocycles. The molecular formula is C74H138N8. The lowest BCUT2D eigenvalue weighted by atomic mass is 9.67. The molecule has 10 heterocycles. The summed E-state index contributed by atoms with van der Waals surface area (Å²) in [6, 6.07) is 9.57. The number of fused-ring (bicyclic) bond motifs is 16. The van der Waals surface area contributed by atoms with Gasteiger partial charge in [-0.05, 0) is 158 Å². The third-order valence-corrected chi connectivity index (χ3v) is 29.0. The number of hydrogen-bond donors (Lipinski definition) is 8. The molecule has 0 spiro atoms. The van der Waals surface area contributed by atoms with Gasteiger partial charge in [0.1, 0.15) is 0 Å². The van der Waals surface area contributed by atoms with E-state index in [1.807, 2.05) is 0 Å². The van der Waals surface area contributed by atoms with Crippen molar-refractivity contribution < 1.29 is 0 Å². The zero-order valence-corrected chi connectivity index (χ0v) is 56.6. The summed E-state index contributed by atoms with van der Waals surface area (Å²) in [5.41, 5.74) is 0. The summed E-state index contributed by atoms with van der Waals surface area (Å²) < 4.78 is 0. The van der Waals surface area contributed by atoms with Crippen LogP contribution in [0.25, 0.3) is 0 Å². The molecule has 0 aromatic rings. The zero-order chi connectivity index (χ0) is 58.3. The minimum atomic E-state index is 0.559. The Morgan fingerprint density at radius 2 is 0.354 bits per heavy atom. The van der Waals surface area contributed by atoms with Crippen LogP contribution in [0.4, 0.5) is 0 Å². The summed E-state index contributed by atoms with van der Waals surface area (Å²) in [5.74, 6) is 13.3. The molecule has 10 aliphatic heterocycles. The first-order valence-electron chi connectivity index (χ1n) is 38.0.